The first-order chi connectivity index (χ1) is 14.0. The van der Waals surface area contributed by atoms with E-state index in [0.29, 0.717) is 58.1 Å². The number of benzene rings is 2. The number of aromatic nitrogens is 2. The predicted molar refractivity (Wildman–Crippen MR) is 115 cm³/mol. The first-order valence-electron chi connectivity index (χ1n) is 9.00. The molecule has 150 valence electrons. The molecule has 0 spiro atoms. The lowest BCUT2D eigenvalue weighted by Crippen LogP contribution is -2.41. The molecular formula is C20H17Cl2N3O3S. The maximum atomic E-state index is 13.2. The highest BCUT2D eigenvalue weighted by Gasteiger charge is 2.20. The van der Waals surface area contributed by atoms with Gasteiger partial charge >= 0.3 is 0 Å². The summed E-state index contributed by atoms with van der Waals surface area (Å²) in [6.45, 7) is 2.23. The van der Waals surface area contributed by atoms with Crippen LogP contribution in [0.5, 0.6) is 0 Å². The molecule has 0 radical (unpaired) electrons. The molecule has 1 fully saturated rings. The molecule has 6 nitrogen and oxygen atoms in total. The number of hydrogen-bond acceptors (Lipinski definition) is 5. The van der Waals surface area contributed by atoms with Crippen LogP contribution in [0.1, 0.15) is 0 Å². The fourth-order valence-corrected chi connectivity index (χ4v) is 4.30. The third kappa shape index (κ3) is 4.28. The van der Waals surface area contributed by atoms with Gasteiger partial charge in [0.15, 0.2) is 5.16 Å². The standard InChI is InChI=1S/C20H17Cl2N3O3S/c21-15-6-5-13(11-16(15)22)25-19(27)14-3-1-2-4-17(14)23-20(25)29-12-18(26)24-7-9-28-10-8-24/h1-6,11H,7-10,12H2. The SMILES string of the molecule is O=C(CSc1nc2ccccc2c(=O)n1-c1ccc(Cl)c(Cl)c1)N1CCOCC1. The summed E-state index contributed by atoms with van der Waals surface area (Å²) >= 11 is 13.4. The molecular weight excluding hydrogens is 433 g/mol. The van der Waals surface area contributed by atoms with E-state index < -0.39 is 0 Å². The van der Waals surface area contributed by atoms with Gasteiger partial charge in [0, 0.05) is 13.1 Å². The summed E-state index contributed by atoms with van der Waals surface area (Å²) < 4.78 is 6.77. The second-order valence-corrected chi connectivity index (χ2v) is 8.19. The van der Waals surface area contributed by atoms with Gasteiger partial charge in [-0.3, -0.25) is 14.2 Å². The van der Waals surface area contributed by atoms with Crippen molar-refractivity contribution in [1.29, 1.82) is 0 Å². The maximum absolute atomic E-state index is 13.2. The number of morpholine rings is 1. The number of para-hydroxylation sites is 1. The third-order valence-electron chi connectivity index (χ3n) is 4.59. The summed E-state index contributed by atoms with van der Waals surface area (Å²) in [5.41, 5.74) is 0.898. The lowest BCUT2D eigenvalue weighted by molar-refractivity contribution is -0.132. The van der Waals surface area contributed by atoms with Gasteiger partial charge in [-0.2, -0.15) is 0 Å². The Morgan fingerprint density at radius 3 is 2.62 bits per heavy atom. The van der Waals surface area contributed by atoms with Gasteiger partial charge in [0.2, 0.25) is 5.91 Å². The Morgan fingerprint density at radius 1 is 1.10 bits per heavy atom. The van der Waals surface area contributed by atoms with Crippen LogP contribution < -0.4 is 5.56 Å². The Balaban J connectivity index is 1.74. The number of fused-ring (bicyclic) bond motifs is 1. The molecule has 1 aliphatic rings. The molecule has 2 aromatic carbocycles. The molecule has 1 aliphatic heterocycles. The highest BCUT2D eigenvalue weighted by atomic mass is 35.5. The number of thioether (sulfide) groups is 1. The minimum Gasteiger partial charge on any atom is -0.378 e. The Labute approximate surface area is 181 Å². The molecule has 0 atom stereocenters. The minimum atomic E-state index is -0.227. The molecule has 4 rings (SSSR count). The smallest absolute Gasteiger partial charge is 0.266 e. The Bertz CT molecular complexity index is 1130. The second-order valence-electron chi connectivity index (χ2n) is 6.43. The first-order valence-corrected chi connectivity index (χ1v) is 10.7. The summed E-state index contributed by atoms with van der Waals surface area (Å²) in [7, 11) is 0. The zero-order chi connectivity index (χ0) is 20.4. The number of rotatable bonds is 4. The van der Waals surface area contributed by atoms with Crippen molar-refractivity contribution < 1.29 is 9.53 Å². The highest BCUT2D eigenvalue weighted by molar-refractivity contribution is 7.99. The summed E-state index contributed by atoms with van der Waals surface area (Å²) in [5.74, 6) is 0.160. The van der Waals surface area contributed by atoms with Crippen molar-refractivity contribution in [2.45, 2.75) is 5.16 Å². The average Bonchev–Trinajstić information content (AvgIpc) is 2.75. The average molecular weight is 450 g/mol. The number of hydrogen-bond donors (Lipinski definition) is 0. The molecule has 3 aromatic rings. The van der Waals surface area contributed by atoms with E-state index in [2.05, 4.69) is 4.98 Å². The van der Waals surface area contributed by atoms with Gasteiger partial charge in [-0.1, -0.05) is 47.1 Å². The highest BCUT2D eigenvalue weighted by Crippen LogP contribution is 2.27. The third-order valence-corrected chi connectivity index (χ3v) is 6.26. The van der Waals surface area contributed by atoms with Crippen LogP contribution in [0, 0.1) is 0 Å². The van der Waals surface area contributed by atoms with Crippen LogP contribution in [0.4, 0.5) is 0 Å². The van der Waals surface area contributed by atoms with Crippen LogP contribution in [0.2, 0.25) is 10.0 Å². The van der Waals surface area contributed by atoms with E-state index >= 15 is 0 Å². The molecule has 0 aliphatic carbocycles. The zero-order valence-electron chi connectivity index (χ0n) is 15.3. The predicted octanol–water partition coefficient (Wildman–Crippen LogP) is 3.64. The van der Waals surface area contributed by atoms with Gasteiger partial charge in [0.05, 0.1) is 45.6 Å². The maximum Gasteiger partial charge on any atom is 0.266 e. The lowest BCUT2D eigenvalue weighted by Gasteiger charge is -2.26. The van der Waals surface area contributed by atoms with E-state index in [0.717, 1.165) is 0 Å². The number of ether oxygens (including phenoxy) is 1. The quantitative estimate of drug-likeness (QED) is 0.449. The van der Waals surface area contributed by atoms with Crippen molar-refractivity contribution in [1.82, 2.24) is 14.5 Å². The lowest BCUT2D eigenvalue weighted by atomic mass is 10.2. The monoisotopic (exact) mass is 449 g/mol. The van der Waals surface area contributed by atoms with Gasteiger partial charge in [0.25, 0.3) is 5.56 Å². The fourth-order valence-electron chi connectivity index (χ4n) is 3.09. The van der Waals surface area contributed by atoms with E-state index in [1.807, 2.05) is 6.07 Å². The van der Waals surface area contributed by atoms with Crippen LogP contribution in [0.15, 0.2) is 52.4 Å². The molecule has 9 heteroatoms. The van der Waals surface area contributed by atoms with Gasteiger partial charge in [-0.05, 0) is 30.3 Å². The Hall–Kier alpha value is -2.06. The molecule has 1 amide bonds. The summed E-state index contributed by atoms with van der Waals surface area (Å²) in [6.07, 6.45) is 0. The Kier molecular flexibility index (Phi) is 6.10. The van der Waals surface area contributed by atoms with Crippen molar-refractivity contribution in [3.63, 3.8) is 0 Å². The Morgan fingerprint density at radius 2 is 1.86 bits per heavy atom. The zero-order valence-corrected chi connectivity index (χ0v) is 17.6. The number of carbonyl (C=O) groups is 1. The molecule has 0 N–H and O–H groups in total. The first kappa shape index (κ1) is 20.2. The van der Waals surface area contributed by atoms with Crippen LogP contribution in [0.3, 0.4) is 0 Å². The number of halogens is 2. The summed E-state index contributed by atoms with van der Waals surface area (Å²) in [4.78, 5) is 32.2. The van der Waals surface area contributed by atoms with Crippen molar-refractivity contribution in [2.75, 3.05) is 32.1 Å². The molecule has 0 saturated carbocycles. The van der Waals surface area contributed by atoms with Crippen molar-refractivity contribution >= 4 is 51.8 Å². The largest absolute Gasteiger partial charge is 0.378 e. The number of amides is 1. The van der Waals surface area contributed by atoms with E-state index in [9.17, 15) is 9.59 Å². The number of carbonyl (C=O) groups excluding carboxylic acids is 1. The molecule has 1 aromatic heterocycles. The van der Waals surface area contributed by atoms with E-state index in [1.165, 1.54) is 16.3 Å². The van der Waals surface area contributed by atoms with E-state index in [4.69, 9.17) is 27.9 Å². The van der Waals surface area contributed by atoms with Gasteiger partial charge in [-0.25, -0.2) is 4.98 Å². The fraction of sp³-hybridized carbons (Fsp3) is 0.250. The molecule has 0 bridgehead atoms. The van der Waals surface area contributed by atoms with Gasteiger partial charge in [-0.15, -0.1) is 0 Å². The van der Waals surface area contributed by atoms with Crippen molar-refractivity contribution in [2.24, 2.45) is 0 Å². The van der Waals surface area contributed by atoms with Crippen molar-refractivity contribution in [3.05, 3.63) is 62.9 Å². The van der Waals surface area contributed by atoms with Gasteiger partial charge < -0.3 is 9.64 Å². The van der Waals surface area contributed by atoms with E-state index in [1.54, 1.807) is 41.3 Å². The summed E-state index contributed by atoms with van der Waals surface area (Å²) in [5, 5.41) is 1.65. The minimum absolute atomic E-state index is 0.0126. The summed E-state index contributed by atoms with van der Waals surface area (Å²) in [6, 6.07) is 12.1. The molecule has 1 saturated heterocycles. The molecule has 2 heterocycles. The van der Waals surface area contributed by atoms with E-state index in [-0.39, 0.29) is 17.2 Å². The van der Waals surface area contributed by atoms with Crippen LogP contribution in [-0.2, 0) is 9.53 Å². The second kappa shape index (κ2) is 8.75. The van der Waals surface area contributed by atoms with Crippen molar-refractivity contribution in [3.8, 4) is 5.69 Å². The normalized spacial score (nSPS) is 14.3. The van der Waals surface area contributed by atoms with Gasteiger partial charge in [0.1, 0.15) is 0 Å². The topological polar surface area (TPSA) is 64.4 Å². The number of nitrogens with zero attached hydrogens (tertiary/aromatic N) is 3. The van der Waals surface area contributed by atoms with Crippen LogP contribution in [-0.4, -0.2) is 52.4 Å². The van der Waals surface area contributed by atoms with Crippen LogP contribution >= 0.6 is 35.0 Å². The molecule has 0 unspecified atom stereocenters. The molecule has 29 heavy (non-hydrogen) atoms. The van der Waals surface area contributed by atoms with Crippen LogP contribution in [0.25, 0.3) is 16.6 Å².